The second-order valence-corrected chi connectivity index (χ2v) is 6.77. The van der Waals surface area contributed by atoms with Crippen LogP contribution in [-0.2, 0) is 4.79 Å². The fourth-order valence-electron chi connectivity index (χ4n) is 3.00. The fourth-order valence-corrected chi connectivity index (χ4v) is 3.00. The molecule has 0 aromatic heterocycles. The summed E-state index contributed by atoms with van der Waals surface area (Å²) in [4.78, 5) is 27.8. The Morgan fingerprint density at radius 3 is 2.32 bits per heavy atom. The van der Waals surface area contributed by atoms with Crippen LogP contribution in [-0.4, -0.2) is 57.1 Å². The van der Waals surface area contributed by atoms with Gasteiger partial charge in [0.2, 0.25) is 0 Å². The topological polar surface area (TPSA) is 79.9 Å². The molecule has 2 rings (SSSR count). The smallest absolute Gasteiger partial charge is 0.267 e. The molecule has 0 spiro atoms. The van der Waals surface area contributed by atoms with Crippen molar-refractivity contribution >= 4 is 17.9 Å². The number of ether oxygens (including phenoxy) is 2. The Bertz CT molecular complexity index is 893. The third-order valence-corrected chi connectivity index (χ3v) is 4.88. The lowest BCUT2D eigenvalue weighted by Crippen LogP contribution is -2.39. The molecule has 0 fully saturated rings. The highest BCUT2D eigenvalue weighted by Crippen LogP contribution is 2.26. The van der Waals surface area contributed by atoms with Gasteiger partial charge in [-0.15, -0.1) is 0 Å². The molecule has 2 aromatic carbocycles. The molecule has 2 aromatic rings. The van der Waals surface area contributed by atoms with E-state index in [1.165, 1.54) is 0 Å². The van der Waals surface area contributed by atoms with Crippen molar-refractivity contribution in [3.63, 3.8) is 0 Å². The number of amides is 2. The summed E-state index contributed by atoms with van der Waals surface area (Å²) in [5.41, 5.74) is 1.24. The first kappa shape index (κ1) is 24.0. The Morgan fingerprint density at radius 2 is 1.71 bits per heavy atom. The molecule has 2 N–H and O–H groups in total. The number of hydrogen-bond donors (Lipinski definition) is 2. The van der Waals surface area contributed by atoms with Gasteiger partial charge in [0, 0.05) is 30.3 Å². The molecular formula is C24H31N3O4. The Kier molecular flexibility index (Phi) is 9.58. The van der Waals surface area contributed by atoms with Crippen LogP contribution in [0.25, 0.3) is 6.08 Å². The molecule has 0 bridgehead atoms. The van der Waals surface area contributed by atoms with Crippen LogP contribution in [0.4, 0.5) is 0 Å². The highest BCUT2D eigenvalue weighted by atomic mass is 16.5. The number of likely N-dealkylation sites (N-methyl/N-ethyl adjacent to an activating group) is 1. The summed E-state index contributed by atoms with van der Waals surface area (Å²) < 4.78 is 10.7. The SMILES string of the molecule is CCN(CC)CCNC(=O)/C(=C/c1ccc(OC)cc1OC)NC(=O)c1ccccc1. The van der Waals surface area contributed by atoms with Crippen LogP contribution in [0.5, 0.6) is 11.5 Å². The molecule has 0 aliphatic heterocycles. The van der Waals surface area contributed by atoms with Crippen molar-refractivity contribution in [2.45, 2.75) is 13.8 Å². The van der Waals surface area contributed by atoms with E-state index >= 15 is 0 Å². The van der Waals surface area contributed by atoms with E-state index in [4.69, 9.17) is 9.47 Å². The summed E-state index contributed by atoms with van der Waals surface area (Å²) in [5.74, 6) is 0.432. The van der Waals surface area contributed by atoms with Crippen LogP contribution < -0.4 is 20.1 Å². The van der Waals surface area contributed by atoms with Crippen molar-refractivity contribution in [1.82, 2.24) is 15.5 Å². The van der Waals surface area contributed by atoms with Gasteiger partial charge in [-0.3, -0.25) is 9.59 Å². The summed E-state index contributed by atoms with van der Waals surface area (Å²) in [5, 5.41) is 5.63. The number of nitrogens with one attached hydrogen (secondary N) is 2. The van der Waals surface area contributed by atoms with Gasteiger partial charge in [0.15, 0.2) is 0 Å². The molecule has 166 valence electrons. The van der Waals surface area contributed by atoms with Gasteiger partial charge in [0.1, 0.15) is 17.2 Å². The van der Waals surface area contributed by atoms with Crippen LogP contribution in [0.3, 0.4) is 0 Å². The van der Waals surface area contributed by atoms with Gasteiger partial charge in [-0.1, -0.05) is 32.0 Å². The summed E-state index contributed by atoms with van der Waals surface area (Å²) in [6, 6.07) is 14.0. The second-order valence-electron chi connectivity index (χ2n) is 6.77. The maximum absolute atomic E-state index is 12.9. The van der Waals surface area contributed by atoms with E-state index in [2.05, 4.69) is 29.4 Å². The summed E-state index contributed by atoms with van der Waals surface area (Å²) in [6.45, 7) is 7.16. The zero-order chi connectivity index (χ0) is 22.6. The van der Waals surface area contributed by atoms with E-state index in [1.807, 2.05) is 6.07 Å². The Labute approximate surface area is 184 Å². The monoisotopic (exact) mass is 425 g/mol. The number of carbonyl (C=O) groups is 2. The predicted molar refractivity (Wildman–Crippen MR) is 122 cm³/mol. The van der Waals surface area contributed by atoms with Crippen molar-refractivity contribution in [2.24, 2.45) is 0 Å². The lowest BCUT2D eigenvalue weighted by Gasteiger charge is -2.18. The lowest BCUT2D eigenvalue weighted by molar-refractivity contribution is -0.117. The van der Waals surface area contributed by atoms with Crippen molar-refractivity contribution < 1.29 is 19.1 Å². The minimum absolute atomic E-state index is 0.136. The highest BCUT2D eigenvalue weighted by Gasteiger charge is 2.16. The molecule has 0 saturated heterocycles. The standard InChI is InChI=1S/C24H31N3O4/c1-5-27(6-2)15-14-25-24(29)21(26-23(28)18-10-8-7-9-11-18)16-19-12-13-20(30-3)17-22(19)31-4/h7-13,16-17H,5-6,14-15H2,1-4H3,(H,25,29)(H,26,28)/b21-16-. The molecule has 0 radical (unpaired) electrons. The quantitative estimate of drug-likeness (QED) is 0.541. The molecule has 31 heavy (non-hydrogen) atoms. The van der Waals surface area contributed by atoms with Crippen LogP contribution in [0.15, 0.2) is 54.2 Å². The van der Waals surface area contributed by atoms with Crippen molar-refractivity contribution in [3.8, 4) is 11.5 Å². The first-order chi connectivity index (χ1) is 15.0. The van der Waals surface area contributed by atoms with Crippen LogP contribution in [0, 0.1) is 0 Å². The van der Waals surface area contributed by atoms with E-state index in [0.717, 1.165) is 19.6 Å². The minimum atomic E-state index is -0.366. The number of methoxy groups -OCH3 is 2. The van der Waals surface area contributed by atoms with E-state index in [1.54, 1.807) is 62.8 Å². The molecule has 2 amide bonds. The average molecular weight is 426 g/mol. The number of benzene rings is 2. The normalized spacial score (nSPS) is 11.2. The first-order valence-electron chi connectivity index (χ1n) is 10.3. The van der Waals surface area contributed by atoms with E-state index in [9.17, 15) is 9.59 Å². The second kappa shape index (κ2) is 12.4. The molecule has 7 heteroatoms. The first-order valence-corrected chi connectivity index (χ1v) is 10.3. The van der Waals surface area contributed by atoms with Crippen molar-refractivity contribution in [1.29, 1.82) is 0 Å². The molecule has 0 unspecified atom stereocenters. The van der Waals surface area contributed by atoms with Gasteiger partial charge in [-0.2, -0.15) is 0 Å². The summed E-state index contributed by atoms with van der Waals surface area (Å²) >= 11 is 0. The Balaban J connectivity index is 2.28. The number of hydrogen-bond acceptors (Lipinski definition) is 5. The third kappa shape index (κ3) is 7.15. The van der Waals surface area contributed by atoms with Gasteiger partial charge < -0.3 is 25.0 Å². The average Bonchev–Trinajstić information content (AvgIpc) is 2.81. The molecule has 0 heterocycles. The zero-order valence-electron chi connectivity index (χ0n) is 18.6. The van der Waals surface area contributed by atoms with Gasteiger partial charge in [-0.25, -0.2) is 0 Å². The third-order valence-electron chi connectivity index (χ3n) is 4.88. The van der Waals surface area contributed by atoms with Gasteiger partial charge in [-0.05, 0) is 43.4 Å². The maximum atomic E-state index is 12.9. The maximum Gasteiger partial charge on any atom is 0.267 e. The zero-order valence-corrected chi connectivity index (χ0v) is 18.6. The van der Waals surface area contributed by atoms with E-state index < -0.39 is 0 Å². The highest BCUT2D eigenvalue weighted by molar-refractivity contribution is 6.05. The van der Waals surface area contributed by atoms with Crippen LogP contribution in [0.2, 0.25) is 0 Å². The number of rotatable bonds is 11. The van der Waals surface area contributed by atoms with Gasteiger partial charge in [0.25, 0.3) is 11.8 Å². The van der Waals surface area contributed by atoms with Crippen LogP contribution >= 0.6 is 0 Å². The predicted octanol–water partition coefficient (Wildman–Crippen LogP) is 2.93. The fraction of sp³-hybridized carbons (Fsp3) is 0.333. The Morgan fingerprint density at radius 1 is 1.00 bits per heavy atom. The van der Waals surface area contributed by atoms with E-state index in [0.29, 0.717) is 29.2 Å². The van der Waals surface area contributed by atoms with Crippen LogP contribution in [0.1, 0.15) is 29.8 Å². The van der Waals surface area contributed by atoms with E-state index in [-0.39, 0.29) is 17.5 Å². The summed E-state index contributed by atoms with van der Waals surface area (Å²) in [7, 11) is 3.11. The molecule has 0 saturated carbocycles. The van der Waals surface area contributed by atoms with Gasteiger partial charge >= 0.3 is 0 Å². The number of carbonyl (C=O) groups excluding carboxylic acids is 2. The number of nitrogens with zero attached hydrogens (tertiary/aromatic N) is 1. The largest absolute Gasteiger partial charge is 0.497 e. The molecule has 0 atom stereocenters. The lowest BCUT2D eigenvalue weighted by atomic mass is 10.1. The minimum Gasteiger partial charge on any atom is -0.497 e. The molecule has 0 aliphatic carbocycles. The molecular weight excluding hydrogens is 394 g/mol. The van der Waals surface area contributed by atoms with Gasteiger partial charge in [0.05, 0.1) is 14.2 Å². The van der Waals surface area contributed by atoms with Crippen molar-refractivity contribution in [3.05, 3.63) is 65.4 Å². The summed E-state index contributed by atoms with van der Waals surface area (Å²) in [6.07, 6.45) is 1.60. The molecule has 7 nitrogen and oxygen atoms in total. The Hall–Kier alpha value is -3.32. The van der Waals surface area contributed by atoms with Crippen molar-refractivity contribution in [2.75, 3.05) is 40.4 Å². The molecule has 0 aliphatic rings.